The summed E-state index contributed by atoms with van der Waals surface area (Å²) in [5, 5.41) is 7.53. The predicted octanol–water partition coefficient (Wildman–Crippen LogP) is 6.81. The Balaban J connectivity index is 1.45. The van der Waals surface area contributed by atoms with Crippen LogP contribution in [0.3, 0.4) is 0 Å². The molecule has 1 N–H and O–H groups in total. The van der Waals surface area contributed by atoms with Crippen molar-refractivity contribution < 1.29 is 13.2 Å². The van der Waals surface area contributed by atoms with Crippen molar-refractivity contribution in [1.82, 2.24) is 9.29 Å². The highest BCUT2D eigenvalue weighted by Crippen LogP contribution is 2.28. The zero-order valence-electron chi connectivity index (χ0n) is 20.6. The largest absolute Gasteiger partial charge is 0.298 e. The summed E-state index contributed by atoms with van der Waals surface area (Å²) >= 11 is 1.35. The Kier molecular flexibility index (Phi) is 8.51. The number of hydrogen-bond acceptors (Lipinski definition) is 5. The summed E-state index contributed by atoms with van der Waals surface area (Å²) in [6.07, 6.45) is 3.49. The lowest BCUT2D eigenvalue weighted by Gasteiger charge is -2.22. The molecule has 3 aromatic carbocycles. The molecule has 0 saturated heterocycles. The van der Waals surface area contributed by atoms with Crippen molar-refractivity contribution in [2.75, 3.05) is 18.4 Å². The van der Waals surface area contributed by atoms with Crippen LogP contribution in [0.1, 0.15) is 49.9 Å². The molecule has 0 atom stereocenters. The third kappa shape index (κ3) is 6.00. The number of carbonyl (C=O) groups excluding carboxylic acids is 1. The molecule has 0 unspecified atom stereocenters. The molecule has 4 aromatic rings. The Labute approximate surface area is 217 Å². The maximum atomic E-state index is 13.2. The van der Waals surface area contributed by atoms with Gasteiger partial charge in [0.05, 0.1) is 10.6 Å². The molecule has 0 fully saturated rings. The van der Waals surface area contributed by atoms with Gasteiger partial charge in [-0.3, -0.25) is 10.1 Å². The number of carbonyl (C=O) groups is 1. The molecule has 4 rings (SSSR count). The van der Waals surface area contributed by atoms with Gasteiger partial charge >= 0.3 is 0 Å². The van der Waals surface area contributed by atoms with Crippen LogP contribution < -0.4 is 5.32 Å². The number of nitrogens with one attached hydrogen (secondary N) is 1. The summed E-state index contributed by atoms with van der Waals surface area (Å²) in [6, 6.07) is 20.4. The summed E-state index contributed by atoms with van der Waals surface area (Å²) in [6.45, 7) is 5.10. The van der Waals surface area contributed by atoms with Crippen LogP contribution in [0, 0.1) is 0 Å². The van der Waals surface area contributed by atoms with Crippen LogP contribution in [0.4, 0.5) is 5.13 Å². The highest BCUT2D eigenvalue weighted by molar-refractivity contribution is 7.89. The molecule has 0 aliphatic heterocycles. The van der Waals surface area contributed by atoms with Crippen LogP contribution in [0.5, 0.6) is 0 Å². The molecule has 1 aromatic heterocycles. The highest BCUT2D eigenvalue weighted by atomic mass is 32.2. The Hall–Kier alpha value is -3.07. The maximum Gasteiger partial charge on any atom is 0.257 e. The van der Waals surface area contributed by atoms with Crippen LogP contribution in [0.2, 0.25) is 0 Å². The predicted molar refractivity (Wildman–Crippen MR) is 148 cm³/mol. The van der Waals surface area contributed by atoms with E-state index in [0.717, 1.165) is 47.7 Å². The van der Waals surface area contributed by atoms with E-state index < -0.39 is 10.0 Å². The van der Waals surface area contributed by atoms with E-state index in [2.05, 4.69) is 34.6 Å². The molecular formula is C28H31N3O3S2. The number of nitrogens with zero attached hydrogens (tertiary/aromatic N) is 2. The minimum Gasteiger partial charge on any atom is -0.298 e. The molecule has 0 bridgehead atoms. The van der Waals surface area contributed by atoms with Crippen molar-refractivity contribution >= 4 is 43.2 Å². The number of anilines is 1. The number of thiazole rings is 1. The van der Waals surface area contributed by atoms with Gasteiger partial charge in [-0.25, -0.2) is 13.4 Å². The standard InChI is InChI=1S/C28H31N3O3S2/c1-3-5-17-31(18-6-4-2)36(33,34)25-15-13-22(14-16-25)27(32)30-28-29-26(20-35-28)24-12-11-21-9-7-8-10-23(21)19-24/h7-16,19-20H,3-6,17-18H2,1-2H3,(H,29,30,32). The molecular weight excluding hydrogens is 490 g/mol. The van der Waals surface area contributed by atoms with Gasteiger partial charge in [-0.05, 0) is 53.9 Å². The topological polar surface area (TPSA) is 79.4 Å². The smallest absolute Gasteiger partial charge is 0.257 e. The fraction of sp³-hybridized carbons (Fsp3) is 0.286. The fourth-order valence-electron chi connectivity index (χ4n) is 3.93. The van der Waals surface area contributed by atoms with E-state index in [0.29, 0.717) is 23.8 Å². The first-order valence-corrected chi connectivity index (χ1v) is 14.6. The minimum absolute atomic E-state index is 0.207. The Morgan fingerprint density at radius 1 is 0.917 bits per heavy atom. The highest BCUT2D eigenvalue weighted by Gasteiger charge is 2.24. The Bertz CT molecular complexity index is 1420. The minimum atomic E-state index is -3.60. The van der Waals surface area contributed by atoms with E-state index in [1.165, 1.54) is 23.5 Å². The lowest BCUT2D eigenvalue weighted by atomic mass is 10.1. The van der Waals surface area contributed by atoms with Gasteiger partial charge < -0.3 is 0 Å². The first-order valence-electron chi connectivity index (χ1n) is 12.3. The van der Waals surface area contributed by atoms with Crippen LogP contribution in [0.25, 0.3) is 22.0 Å². The number of hydrogen-bond donors (Lipinski definition) is 1. The van der Waals surface area contributed by atoms with Crippen molar-refractivity contribution in [2.24, 2.45) is 0 Å². The second-order valence-corrected chi connectivity index (χ2v) is 11.5. The van der Waals surface area contributed by atoms with Gasteiger partial charge in [0, 0.05) is 29.6 Å². The van der Waals surface area contributed by atoms with E-state index in [1.807, 2.05) is 37.4 Å². The SMILES string of the molecule is CCCCN(CCCC)S(=O)(=O)c1ccc(C(=O)Nc2nc(-c3ccc4ccccc4c3)cs2)cc1. The van der Waals surface area contributed by atoms with Gasteiger partial charge in [0.1, 0.15) is 0 Å². The number of aromatic nitrogens is 1. The average Bonchev–Trinajstić information content (AvgIpc) is 3.37. The number of benzene rings is 3. The number of fused-ring (bicyclic) bond motifs is 1. The summed E-state index contributed by atoms with van der Waals surface area (Å²) in [5.74, 6) is -0.327. The zero-order chi connectivity index (χ0) is 25.5. The normalized spacial score (nSPS) is 11.8. The molecule has 0 spiro atoms. The van der Waals surface area contributed by atoms with Crippen molar-refractivity contribution in [1.29, 1.82) is 0 Å². The molecule has 8 heteroatoms. The number of sulfonamides is 1. The molecule has 188 valence electrons. The van der Waals surface area contributed by atoms with E-state index in [9.17, 15) is 13.2 Å². The van der Waals surface area contributed by atoms with Gasteiger partial charge in [0.15, 0.2) is 5.13 Å². The number of rotatable bonds is 11. The fourth-order valence-corrected chi connectivity index (χ4v) is 6.16. The molecule has 0 radical (unpaired) electrons. The number of amides is 1. The molecule has 36 heavy (non-hydrogen) atoms. The van der Waals surface area contributed by atoms with Gasteiger partial charge in [0.25, 0.3) is 5.91 Å². The second-order valence-electron chi connectivity index (χ2n) is 8.69. The van der Waals surface area contributed by atoms with Gasteiger partial charge in [-0.2, -0.15) is 4.31 Å². The maximum absolute atomic E-state index is 13.2. The second kappa shape index (κ2) is 11.8. The average molecular weight is 522 g/mol. The summed E-state index contributed by atoms with van der Waals surface area (Å²) in [5.41, 5.74) is 2.16. The molecule has 0 aliphatic rings. The Morgan fingerprint density at radius 2 is 1.58 bits per heavy atom. The lowest BCUT2D eigenvalue weighted by Crippen LogP contribution is -2.33. The molecule has 6 nitrogen and oxygen atoms in total. The number of unbranched alkanes of at least 4 members (excludes halogenated alkanes) is 2. The summed E-state index contributed by atoms with van der Waals surface area (Å²) in [4.78, 5) is 17.6. The van der Waals surface area contributed by atoms with Crippen molar-refractivity contribution in [2.45, 2.75) is 44.4 Å². The van der Waals surface area contributed by atoms with E-state index in [-0.39, 0.29) is 10.8 Å². The van der Waals surface area contributed by atoms with Crippen LogP contribution in [-0.4, -0.2) is 36.7 Å². The summed E-state index contributed by atoms with van der Waals surface area (Å²) in [7, 11) is -3.60. The van der Waals surface area contributed by atoms with E-state index >= 15 is 0 Å². The van der Waals surface area contributed by atoms with Gasteiger partial charge in [-0.1, -0.05) is 63.1 Å². The first-order chi connectivity index (χ1) is 17.4. The van der Waals surface area contributed by atoms with Crippen LogP contribution >= 0.6 is 11.3 Å². The van der Waals surface area contributed by atoms with Crippen molar-refractivity contribution in [3.8, 4) is 11.3 Å². The van der Waals surface area contributed by atoms with Gasteiger partial charge in [0.2, 0.25) is 10.0 Å². The van der Waals surface area contributed by atoms with Crippen LogP contribution in [0.15, 0.2) is 77.0 Å². The molecule has 1 amide bonds. The molecule has 0 aliphatic carbocycles. The monoisotopic (exact) mass is 521 g/mol. The van der Waals surface area contributed by atoms with Crippen LogP contribution in [-0.2, 0) is 10.0 Å². The van der Waals surface area contributed by atoms with Crippen molar-refractivity contribution in [3.63, 3.8) is 0 Å². The lowest BCUT2D eigenvalue weighted by molar-refractivity contribution is 0.102. The zero-order valence-corrected chi connectivity index (χ0v) is 22.2. The molecule has 1 heterocycles. The molecule has 0 saturated carbocycles. The first kappa shape index (κ1) is 26.0. The summed E-state index contributed by atoms with van der Waals surface area (Å²) < 4.78 is 27.9. The van der Waals surface area contributed by atoms with Crippen molar-refractivity contribution in [3.05, 3.63) is 77.7 Å². The Morgan fingerprint density at radius 3 is 2.25 bits per heavy atom. The quantitative estimate of drug-likeness (QED) is 0.235. The van der Waals surface area contributed by atoms with Gasteiger partial charge in [-0.15, -0.1) is 11.3 Å². The van der Waals surface area contributed by atoms with E-state index in [1.54, 1.807) is 16.4 Å². The third-order valence-electron chi connectivity index (χ3n) is 6.05. The van der Waals surface area contributed by atoms with E-state index in [4.69, 9.17) is 0 Å². The third-order valence-corrected chi connectivity index (χ3v) is 8.72.